The molecular weight excluding hydrogens is 398 g/mol. The van der Waals surface area contributed by atoms with Crippen LogP contribution in [0.15, 0.2) is 34.0 Å². The molecule has 2 unspecified atom stereocenters. The third kappa shape index (κ3) is 3.68. The summed E-state index contributed by atoms with van der Waals surface area (Å²) in [6.07, 6.45) is 3.25. The van der Waals surface area contributed by atoms with Gasteiger partial charge in [-0.15, -0.1) is 9.89 Å². The average Bonchev–Trinajstić information content (AvgIpc) is 3.30. The van der Waals surface area contributed by atoms with Gasteiger partial charge in [-0.2, -0.15) is 5.10 Å². The number of anilines is 1. The van der Waals surface area contributed by atoms with Crippen LogP contribution in [0.25, 0.3) is 0 Å². The Hall–Kier alpha value is -2.80. The lowest BCUT2D eigenvalue weighted by molar-refractivity contribution is 0.579. The average molecular weight is 434 g/mol. The highest BCUT2D eigenvalue weighted by Gasteiger charge is 2.35. The van der Waals surface area contributed by atoms with Crippen LogP contribution in [-0.2, 0) is 0 Å². The van der Waals surface area contributed by atoms with Gasteiger partial charge < -0.3 is 10.2 Å². The number of nitrogens with one attached hydrogen (secondary N) is 1. The highest BCUT2D eigenvalue weighted by Crippen LogP contribution is 2.42. The Morgan fingerprint density at radius 2 is 2.00 bits per heavy atom. The van der Waals surface area contributed by atoms with Crippen molar-refractivity contribution in [2.24, 2.45) is 15.5 Å². The van der Waals surface area contributed by atoms with Crippen LogP contribution in [0.3, 0.4) is 0 Å². The Balaban J connectivity index is 1.85. The van der Waals surface area contributed by atoms with Crippen molar-refractivity contribution in [3.05, 3.63) is 46.7 Å². The highest BCUT2D eigenvalue weighted by atomic mass is 15.6. The zero-order valence-corrected chi connectivity index (χ0v) is 20.8. The van der Waals surface area contributed by atoms with Gasteiger partial charge in [-0.1, -0.05) is 33.8 Å². The molecule has 32 heavy (non-hydrogen) atoms. The molecule has 0 fully saturated rings. The van der Waals surface area contributed by atoms with Crippen LogP contribution in [-0.4, -0.2) is 40.4 Å². The van der Waals surface area contributed by atoms with Gasteiger partial charge in [-0.3, -0.25) is 0 Å². The number of aromatic nitrogens is 3. The van der Waals surface area contributed by atoms with Crippen LogP contribution in [0.5, 0.6) is 0 Å². The number of aliphatic imine (C=N–C) groups is 1. The van der Waals surface area contributed by atoms with Gasteiger partial charge in [0.25, 0.3) is 0 Å². The molecule has 0 bridgehead atoms. The van der Waals surface area contributed by atoms with E-state index in [1.807, 2.05) is 14.0 Å². The number of nitrogens with zero attached hydrogens (tertiary/aromatic N) is 6. The summed E-state index contributed by atoms with van der Waals surface area (Å²) in [4.78, 5) is 13.9. The minimum Gasteiger partial charge on any atom is -0.348 e. The maximum atomic E-state index is 5.16. The molecule has 2 aliphatic heterocycles. The van der Waals surface area contributed by atoms with Crippen molar-refractivity contribution in [2.75, 3.05) is 19.0 Å². The molecule has 2 aromatic rings. The van der Waals surface area contributed by atoms with Gasteiger partial charge in [0.2, 0.25) is 5.82 Å². The van der Waals surface area contributed by atoms with Crippen LogP contribution < -0.4 is 10.2 Å². The van der Waals surface area contributed by atoms with E-state index in [-0.39, 0.29) is 11.5 Å². The fourth-order valence-corrected chi connectivity index (χ4v) is 4.36. The van der Waals surface area contributed by atoms with E-state index in [1.165, 1.54) is 16.9 Å². The molecule has 3 heterocycles. The zero-order chi connectivity index (χ0) is 23.4. The smallest absolute Gasteiger partial charge is 0.204 e. The number of fused-ring (bicyclic) bond motifs is 2. The largest absolute Gasteiger partial charge is 0.348 e. The van der Waals surface area contributed by atoms with E-state index in [4.69, 9.17) is 15.1 Å². The summed E-state index contributed by atoms with van der Waals surface area (Å²) in [6, 6.07) is 4.56. The SMILES string of the molecule is C/C=C1\CC(C)c2cc(N=C3C(C(C)(C)C)=Nn4nc(C(C)NC)nc43)c(C)cc2N1C. The van der Waals surface area contributed by atoms with E-state index >= 15 is 0 Å². The van der Waals surface area contributed by atoms with E-state index < -0.39 is 0 Å². The molecule has 7 heteroatoms. The molecule has 0 radical (unpaired) electrons. The van der Waals surface area contributed by atoms with Crippen molar-refractivity contribution in [1.29, 1.82) is 0 Å². The first-order valence-electron chi connectivity index (χ1n) is 11.4. The van der Waals surface area contributed by atoms with E-state index in [2.05, 4.69) is 82.1 Å². The van der Waals surface area contributed by atoms with Crippen LogP contribution in [0.2, 0.25) is 0 Å². The lowest BCUT2D eigenvalue weighted by Crippen LogP contribution is -2.27. The second-order valence-electron chi connectivity index (χ2n) is 9.99. The standard InChI is InChI=1S/C25H35N7/c1-10-17-11-14(2)18-13-19(15(3)12-20(18)31(17)9)27-21-22(25(5,6)7)29-32-24(21)28-23(30-32)16(4)26-8/h10,12-14,16,26H,11H2,1-9H3/b17-10+,27-21?. The van der Waals surface area contributed by atoms with Crippen molar-refractivity contribution >= 4 is 22.8 Å². The topological polar surface area (TPSA) is 70.7 Å². The highest BCUT2D eigenvalue weighted by molar-refractivity contribution is 6.50. The Kier molecular flexibility index (Phi) is 5.57. The zero-order valence-electron chi connectivity index (χ0n) is 20.8. The van der Waals surface area contributed by atoms with Crippen molar-refractivity contribution in [2.45, 2.75) is 66.8 Å². The monoisotopic (exact) mass is 433 g/mol. The van der Waals surface area contributed by atoms with E-state index in [0.717, 1.165) is 34.9 Å². The molecule has 2 atom stereocenters. The normalized spacial score (nSPS) is 21.7. The molecule has 1 aromatic carbocycles. The fraction of sp³-hybridized carbons (Fsp3) is 0.520. The van der Waals surface area contributed by atoms with Gasteiger partial charge in [-0.25, -0.2) is 9.98 Å². The molecule has 7 nitrogen and oxygen atoms in total. The van der Waals surface area contributed by atoms with Crippen LogP contribution in [0.1, 0.15) is 82.7 Å². The molecule has 170 valence electrons. The van der Waals surface area contributed by atoms with Crippen molar-refractivity contribution in [3.63, 3.8) is 0 Å². The van der Waals surface area contributed by atoms with Gasteiger partial charge in [0.05, 0.1) is 17.4 Å². The van der Waals surface area contributed by atoms with Crippen LogP contribution >= 0.6 is 0 Å². The molecule has 1 N–H and O–H groups in total. The molecule has 0 aliphatic carbocycles. The summed E-state index contributed by atoms with van der Waals surface area (Å²) in [7, 11) is 4.06. The maximum absolute atomic E-state index is 5.16. The van der Waals surface area contributed by atoms with Crippen molar-refractivity contribution in [1.82, 2.24) is 20.2 Å². The van der Waals surface area contributed by atoms with E-state index in [9.17, 15) is 0 Å². The molecular formula is C25H35N7. The lowest BCUT2D eigenvalue weighted by Gasteiger charge is -2.34. The van der Waals surface area contributed by atoms with Gasteiger partial charge in [0.1, 0.15) is 5.71 Å². The van der Waals surface area contributed by atoms with Crippen molar-refractivity contribution in [3.8, 4) is 0 Å². The third-order valence-corrected chi connectivity index (χ3v) is 6.52. The molecule has 4 rings (SSSR count). The second kappa shape index (κ2) is 7.96. The molecule has 0 spiro atoms. The number of benzene rings is 1. The summed E-state index contributed by atoms with van der Waals surface area (Å²) in [5.41, 5.74) is 7.63. The quantitative estimate of drug-likeness (QED) is 0.731. The van der Waals surface area contributed by atoms with E-state index in [0.29, 0.717) is 11.7 Å². The van der Waals surface area contributed by atoms with Gasteiger partial charge in [0, 0.05) is 23.8 Å². The third-order valence-electron chi connectivity index (χ3n) is 6.52. The Morgan fingerprint density at radius 3 is 2.62 bits per heavy atom. The second-order valence-corrected chi connectivity index (χ2v) is 9.99. The first-order chi connectivity index (χ1) is 15.0. The molecule has 1 aromatic heterocycles. The predicted octanol–water partition coefficient (Wildman–Crippen LogP) is 5.10. The molecule has 2 aliphatic rings. The minimum absolute atomic E-state index is 0.0466. The summed E-state index contributed by atoms with van der Waals surface area (Å²) in [5, 5.41) is 12.6. The molecule has 0 saturated heterocycles. The van der Waals surface area contributed by atoms with Crippen molar-refractivity contribution < 1.29 is 0 Å². The maximum Gasteiger partial charge on any atom is 0.204 e. The van der Waals surface area contributed by atoms with E-state index in [1.54, 1.807) is 4.79 Å². The summed E-state index contributed by atoms with van der Waals surface area (Å²) < 4.78 is 0. The van der Waals surface area contributed by atoms with Crippen LogP contribution in [0, 0.1) is 12.3 Å². The number of hydrogen-bond acceptors (Lipinski definition) is 6. The number of rotatable bonds is 3. The van der Waals surface area contributed by atoms with Crippen LogP contribution in [0.4, 0.5) is 11.4 Å². The summed E-state index contributed by atoms with van der Waals surface area (Å²) >= 11 is 0. The lowest BCUT2D eigenvalue weighted by atomic mass is 9.86. The number of allylic oxidation sites excluding steroid dienone is 2. The Bertz CT molecular complexity index is 1140. The van der Waals surface area contributed by atoms with Gasteiger partial charge >= 0.3 is 0 Å². The molecule has 0 amide bonds. The fourth-order valence-electron chi connectivity index (χ4n) is 4.36. The number of aryl methyl sites for hydroxylation is 1. The minimum atomic E-state index is -0.174. The van der Waals surface area contributed by atoms with Gasteiger partial charge in [-0.05, 0) is 63.4 Å². The Labute approximate surface area is 191 Å². The first-order valence-corrected chi connectivity index (χ1v) is 11.4. The molecule has 0 saturated carbocycles. The number of hydrogen-bond donors (Lipinski definition) is 1. The summed E-state index contributed by atoms with van der Waals surface area (Å²) in [5.74, 6) is 1.88. The predicted molar refractivity (Wildman–Crippen MR) is 132 cm³/mol. The first kappa shape index (κ1) is 22.4. The van der Waals surface area contributed by atoms with Gasteiger partial charge in [0.15, 0.2) is 5.82 Å². The Morgan fingerprint density at radius 1 is 1.28 bits per heavy atom. The summed E-state index contributed by atoms with van der Waals surface area (Å²) in [6.45, 7) is 15.0.